The second-order valence-corrected chi connectivity index (χ2v) is 8.86. The fourth-order valence-corrected chi connectivity index (χ4v) is 6.35. The first-order chi connectivity index (χ1) is 11.7. The van der Waals surface area contributed by atoms with Crippen LogP contribution in [-0.2, 0) is 6.42 Å². The number of halogens is 1. The average molecular weight is 347 g/mol. The monoisotopic (exact) mass is 346 g/mol. The Bertz CT molecular complexity index is 785. The summed E-state index contributed by atoms with van der Waals surface area (Å²) in [5.41, 5.74) is 0.754. The van der Waals surface area contributed by atoms with Crippen molar-refractivity contribution >= 4 is 22.8 Å². The molecule has 0 amide bonds. The van der Waals surface area contributed by atoms with Gasteiger partial charge in [-0.2, -0.15) is 0 Å². The van der Waals surface area contributed by atoms with Gasteiger partial charge in [0.2, 0.25) is 0 Å². The van der Waals surface area contributed by atoms with Crippen molar-refractivity contribution in [2.24, 2.45) is 29.6 Å². The maximum atomic E-state index is 11.8. The van der Waals surface area contributed by atoms with Crippen LogP contribution in [0, 0.1) is 29.6 Å². The molecule has 0 radical (unpaired) electrons. The van der Waals surface area contributed by atoms with Gasteiger partial charge in [-0.15, -0.1) is 11.6 Å². The number of nitrogens with one attached hydrogen (secondary N) is 2. The number of alkyl halides is 1. The third kappa shape index (κ3) is 2.48. The molecular weight excluding hydrogens is 324 g/mol. The molecule has 2 aromatic rings. The first kappa shape index (κ1) is 14.9. The molecule has 2 N–H and O–H groups in total. The molecule has 6 rings (SSSR count). The number of H-pyrrole nitrogens is 2. The van der Waals surface area contributed by atoms with Crippen LogP contribution in [0.15, 0.2) is 11.1 Å². The number of imidazole rings is 1. The third-order valence-corrected chi connectivity index (χ3v) is 7.04. The zero-order valence-electron chi connectivity index (χ0n) is 13.7. The zero-order valence-corrected chi connectivity index (χ0v) is 14.4. The molecule has 4 saturated carbocycles. The smallest absolute Gasteiger partial charge is 0.276 e. The molecule has 1 atom stereocenters. The molecule has 4 fully saturated rings. The molecule has 0 saturated heterocycles. The van der Waals surface area contributed by atoms with Gasteiger partial charge >= 0.3 is 0 Å². The van der Waals surface area contributed by atoms with Gasteiger partial charge in [0.15, 0.2) is 11.2 Å². The Labute approximate surface area is 145 Å². The number of fused-ring (bicyclic) bond motifs is 1. The summed E-state index contributed by atoms with van der Waals surface area (Å²) in [4.78, 5) is 26.0. The molecule has 2 heterocycles. The molecule has 2 aromatic heterocycles. The predicted molar refractivity (Wildman–Crippen MR) is 93.0 cm³/mol. The quantitative estimate of drug-likeness (QED) is 0.834. The summed E-state index contributed by atoms with van der Waals surface area (Å²) in [7, 11) is 0. The molecule has 0 spiro atoms. The number of aromatic amines is 2. The van der Waals surface area contributed by atoms with Crippen LogP contribution in [0.5, 0.6) is 0 Å². The second-order valence-electron chi connectivity index (χ2n) is 8.25. The zero-order chi connectivity index (χ0) is 16.3. The second kappa shape index (κ2) is 5.58. The molecule has 6 heteroatoms. The van der Waals surface area contributed by atoms with E-state index < -0.39 is 0 Å². The van der Waals surface area contributed by atoms with Crippen molar-refractivity contribution in [1.29, 1.82) is 0 Å². The van der Waals surface area contributed by atoms with Crippen LogP contribution in [0.3, 0.4) is 0 Å². The number of rotatable bonds is 4. The Kier molecular flexibility index (Phi) is 3.47. The molecule has 4 bridgehead atoms. The summed E-state index contributed by atoms with van der Waals surface area (Å²) < 4.78 is 0. The van der Waals surface area contributed by atoms with E-state index in [1.54, 1.807) is 0 Å². The summed E-state index contributed by atoms with van der Waals surface area (Å²) in [6, 6.07) is 0. The van der Waals surface area contributed by atoms with Gasteiger partial charge in [0.25, 0.3) is 5.56 Å². The van der Waals surface area contributed by atoms with Gasteiger partial charge < -0.3 is 9.97 Å². The van der Waals surface area contributed by atoms with Gasteiger partial charge in [-0.3, -0.25) is 4.79 Å². The number of aromatic nitrogens is 4. The van der Waals surface area contributed by atoms with Crippen LogP contribution in [0.25, 0.3) is 11.2 Å². The average Bonchev–Trinajstić information content (AvgIpc) is 2.94. The maximum absolute atomic E-state index is 11.8. The van der Waals surface area contributed by atoms with Crippen molar-refractivity contribution in [2.45, 2.75) is 50.3 Å². The fraction of sp³-hybridized carbons (Fsp3) is 0.722. The summed E-state index contributed by atoms with van der Waals surface area (Å²) >= 11 is 6.71. The molecule has 1 unspecified atom stereocenters. The van der Waals surface area contributed by atoms with Crippen LogP contribution >= 0.6 is 11.6 Å². The number of hydrogen-bond acceptors (Lipinski definition) is 3. The highest BCUT2D eigenvalue weighted by atomic mass is 35.5. The largest absolute Gasteiger partial charge is 0.336 e. The Morgan fingerprint density at radius 1 is 1.17 bits per heavy atom. The van der Waals surface area contributed by atoms with E-state index in [4.69, 9.17) is 11.6 Å². The summed E-state index contributed by atoms with van der Waals surface area (Å²) in [5.74, 6) is 5.39. The molecule has 0 aromatic carbocycles. The molecule has 24 heavy (non-hydrogen) atoms. The van der Waals surface area contributed by atoms with E-state index in [1.807, 2.05) is 0 Å². The van der Waals surface area contributed by atoms with Crippen molar-refractivity contribution in [3.8, 4) is 0 Å². The Hall–Kier alpha value is -1.36. The lowest BCUT2D eigenvalue weighted by Gasteiger charge is -2.55. The van der Waals surface area contributed by atoms with Crippen molar-refractivity contribution in [3.05, 3.63) is 22.5 Å². The Balaban J connectivity index is 1.29. The van der Waals surface area contributed by atoms with E-state index in [-0.39, 0.29) is 10.9 Å². The fourth-order valence-electron chi connectivity index (χ4n) is 6.00. The van der Waals surface area contributed by atoms with E-state index in [9.17, 15) is 4.79 Å². The molecule has 5 nitrogen and oxygen atoms in total. The standard InChI is InChI=1S/C18H23ClN4O/c19-13(7-15-22-16-17(23-15)20-8-21-18(16)24)6-14-11-2-9-1-10(4-11)5-12(14)3-9/h8-14H,1-7H2,(H2,20,21,22,23,24). The highest BCUT2D eigenvalue weighted by molar-refractivity contribution is 6.20. The van der Waals surface area contributed by atoms with Gasteiger partial charge in [-0.25, -0.2) is 9.97 Å². The topological polar surface area (TPSA) is 74.4 Å². The summed E-state index contributed by atoms with van der Waals surface area (Å²) in [6.07, 6.45) is 10.4. The third-order valence-electron chi connectivity index (χ3n) is 6.71. The predicted octanol–water partition coefficient (Wildman–Crippen LogP) is 3.26. The van der Waals surface area contributed by atoms with Crippen molar-refractivity contribution in [2.75, 3.05) is 0 Å². The van der Waals surface area contributed by atoms with E-state index in [1.165, 1.54) is 38.4 Å². The van der Waals surface area contributed by atoms with Gasteiger partial charge in [0, 0.05) is 11.8 Å². The Morgan fingerprint density at radius 2 is 1.88 bits per heavy atom. The van der Waals surface area contributed by atoms with E-state index >= 15 is 0 Å². The maximum Gasteiger partial charge on any atom is 0.276 e. The first-order valence-electron chi connectivity index (χ1n) is 9.22. The van der Waals surface area contributed by atoms with E-state index in [0.717, 1.165) is 41.8 Å². The summed E-state index contributed by atoms with van der Waals surface area (Å²) in [5, 5.41) is 0.0761. The molecule has 0 aliphatic heterocycles. The first-order valence-corrected chi connectivity index (χ1v) is 9.65. The van der Waals surface area contributed by atoms with Crippen molar-refractivity contribution < 1.29 is 0 Å². The highest BCUT2D eigenvalue weighted by Gasteiger charge is 2.48. The van der Waals surface area contributed by atoms with Crippen LogP contribution in [-0.4, -0.2) is 25.3 Å². The molecule has 4 aliphatic carbocycles. The van der Waals surface area contributed by atoms with Crippen LogP contribution < -0.4 is 5.56 Å². The van der Waals surface area contributed by atoms with Gasteiger partial charge in [-0.05, 0) is 68.1 Å². The van der Waals surface area contributed by atoms with Crippen molar-refractivity contribution in [3.63, 3.8) is 0 Å². The number of hydrogen-bond donors (Lipinski definition) is 2. The lowest BCUT2D eigenvalue weighted by Crippen LogP contribution is -2.45. The Morgan fingerprint density at radius 3 is 2.54 bits per heavy atom. The minimum atomic E-state index is -0.175. The SMILES string of the molecule is O=c1[nH]cnc2nc(CC(Cl)CC3C4CC5CC(C4)CC3C5)[nH]c12. The van der Waals surface area contributed by atoms with Gasteiger partial charge in [-0.1, -0.05) is 0 Å². The number of nitrogens with zero attached hydrogens (tertiary/aromatic N) is 2. The molecular formula is C18H23ClN4O. The lowest BCUT2D eigenvalue weighted by molar-refractivity contribution is -0.0398. The normalized spacial score (nSPS) is 35.6. The minimum absolute atomic E-state index is 0.0761. The minimum Gasteiger partial charge on any atom is -0.336 e. The highest BCUT2D eigenvalue weighted by Crippen LogP contribution is 2.57. The van der Waals surface area contributed by atoms with Crippen molar-refractivity contribution in [1.82, 2.24) is 19.9 Å². The van der Waals surface area contributed by atoms with E-state index in [2.05, 4.69) is 19.9 Å². The van der Waals surface area contributed by atoms with Gasteiger partial charge in [0.1, 0.15) is 5.82 Å². The lowest BCUT2D eigenvalue weighted by atomic mass is 9.51. The molecule has 128 valence electrons. The molecule has 4 aliphatic rings. The van der Waals surface area contributed by atoms with E-state index in [0.29, 0.717) is 17.6 Å². The van der Waals surface area contributed by atoms with Crippen LogP contribution in [0.2, 0.25) is 0 Å². The summed E-state index contributed by atoms with van der Waals surface area (Å²) in [6.45, 7) is 0. The van der Waals surface area contributed by atoms with Crippen LogP contribution in [0.4, 0.5) is 0 Å². The van der Waals surface area contributed by atoms with Gasteiger partial charge in [0.05, 0.1) is 6.33 Å². The van der Waals surface area contributed by atoms with Crippen LogP contribution in [0.1, 0.15) is 44.3 Å².